The van der Waals surface area contributed by atoms with Gasteiger partial charge < -0.3 is 5.32 Å². The Bertz CT molecular complexity index is 634. The van der Waals surface area contributed by atoms with Crippen LogP contribution in [0, 0.1) is 5.92 Å². The van der Waals surface area contributed by atoms with E-state index in [1.807, 2.05) is 37.7 Å². The molecule has 0 saturated carbocycles. The van der Waals surface area contributed by atoms with Gasteiger partial charge in [-0.25, -0.2) is 4.98 Å². The number of hydrogen-bond acceptors (Lipinski definition) is 4. The zero-order valence-corrected chi connectivity index (χ0v) is 12.4. The van der Waals surface area contributed by atoms with Gasteiger partial charge in [0.15, 0.2) is 5.13 Å². The van der Waals surface area contributed by atoms with E-state index in [2.05, 4.69) is 22.4 Å². The molecule has 1 aromatic heterocycles. The average Bonchev–Trinajstić information content (AvgIpc) is 2.81. The van der Waals surface area contributed by atoms with Gasteiger partial charge in [0.2, 0.25) is 5.91 Å². The molecule has 2 aromatic rings. The Labute approximate surface area is 120 Å². The zero-order chi connectivity index (χ0) is 13.4. The molecule has 0 bridgehead atoms. The Morgan fingerprint density at radius 3 is 2.95 bits per heavy atom. The lowest BCUT2D eigenvalue weighted by atomic mass is 10.1. The fraction of sp³-hybridized carbons (Fsp3) is 0.286. The summed E-state index contributed by atoms with van der Waals surface area (Å²) in [4.78, 5) is 18.8. The van der Waals surface area contributed by atoms with Crippen molar-refractivity contribution < 1.29 is 4.79 Å². The van der Waals surface area contributed by atoms with Gasteiger partial charge in [-0.15, -0.1) is 23.1 Å². The van der Waals surface area contributed by atoms with Crippen molar-refractivity contribution in [1.82, 2.24) is 4.98 Å². The van der Waals surface area contributed by atoms with Gasteiger partial charge in [-0.1, -0.05) is 32.0 Å². The topological polar surface area (TPSA) is 42.0 Å². The first-order chi connectivity index (χ1) is 9.15. The molecular weight excluding hydrogens is 276 g/mol. The van der Waals surface area contributed by atoms with Crippen molar-refractivity contribution in [2.75, 3.05) is 5.32 Å². The van der Waals surface area contributed by atoms with E-state index in [1.54, 1.807) is 11.3 Å². The molecule has 0 aliphatic carbocycles. The molecule has 5 heteroatoms. The van der Waals surface area contributed by atoms with E-state index in [4.69, 9.17) is 0 Å². The van der Waals surface area contributed by atoms with Crippen LogP contribution < -0.4 is 5.32 Å². The third kappa shape index (κ3) is 2.40. The number of nitrogens with one attached hydrogen (secondary N) is 1. The molecule has 1 aliphatic heterocycles. The van der Waals surface area contributed by atoms with E-state index in [-0.39, 0.29) is 11.8 Å². The van der Waals surface area contributed by atoms with Crippen molar-refractivity contribution >= 4 is 34.1 Å². The van der Waals surface area contributed by atoms with Crippen LogP contribution in [-0.4, -0.2) is 10.9 Å². The summed E-state index contributed by atoms with van der Waals surface area (Å²) in [6.07, 6.45) is 0. The van der Waals surface area contributed by atoms with Crippen LogP contribution in [0.2, 0.25) is 0 Å². The van der Waals surface area contributed by atoms with Crippen molar-refractivity contribution in [1.29, 1.82) is 0 Å². The maximum atomic E-state index is 11.7. The minimum absolute atomic E-state index is 0.0204. The van der Waals surface area contributed by atoms with E-state index in [0.717, 1.165) is 11.4 Å². The Morgan fingerprint density at radius 1 is 1.37 bits per heavy atom. The number of thiazole rings is 1. The van der Waals surface area contributed by atoms with Gasteiger partial charge in [0.25, 0.3) is 0 Å². The number of carbonyl (C=O) groups excluding carboxylic acids is 1. The number of rotatable bonds is 2. The van der Waals surface area contributed by atoms with Gasteiger partial charge in [0.05, 0.1) is 5.69 Å². The number of hydrogen-bond donors (Lipinski definition) is 1. The fourth-order valence-corrected chi connectivity index (χ4v) is 4.00. The number of thioether (sulfide) groups is 1. The van der Waals surface area contributed by atoms with Crippen LogP contribution in [0.1, 0.15) is 18.7 Å². The summed E-state index contributed by atoms with van der Waals surface area (Å²) in [5.41, 5.74) is 2.20. The highest BCUT2D eigenvalue weighted by molar-refractivity contribution is 7.98. The molecule has 0 unspecified atom stereocenters. The van der Waals surface area contributed by atoms with Crippen LogP contribution >= 0.6 is 23.1 Å². The van der Waals surface area contributed by atoms with Crippen LogP contribution in [0.4, 0.5) is 5.13 Å². The predicted molar refractivity (Wildman–Crippen MR) is 80.6 cm³/mol. The maximum absolute atomic E-state index is 11.7. The first-order valence-electron chi connectivity index (χ1n) is 6.18. The quantitative estimate of drug-likeness (QED) is 0.908. The second-order valence-electron chi connectivity index (χ2n) is 4.72. The highest BCUT2D eigenvalue weighted by atomic mass is 32.2. The first-order valence-corrected chi connectivity index (χ1v) is 7.98. The Kier molecular flexibility index (Phi) is 3.33. The molecule has 1 aromatic carbocycles. The van der Waals surface area contributed by atoms with Gasteiger partial charge in [-0.05, 0) is 6.07 Å². The molecule has 3 rings (SSSR count). The van der Waals surface area contributed by atoms with E-state index >= 15 is 0 Å². The Morgan fingerprint density at radius 2 is 2.16 bits per heavy atom. The summed E-state index contributed by atoms with van der Waals surface area (Å²) in [6.45, 7) is 3.77. The highest BCUT2D eigenvalue weighted by Gasteiger charge is 2.21. The normalized spacial score (nSPS) is 13.0. The summed E-state index contributed by atoms with van der Waals surface area (Å²) in [6, 6.07) is 8.29. The maximum Gasteiger partial charge on any atom is 0.228 e. The van der Waals surface area contributed by atoms with Gasteiger partial charge in [0, 0.05) is 27.0 Å². The van der Waals surface area contributed by atoms with Crippen molar-refractivity contribution in [2.45, 2.75) is 24.5 Å². The molecule has 0 atom stereocenters. The molecule has 1 amide bonds. The van der Waals surface area contributed by atoms with Crippen LogP contribution in [0.15, 0.2) is 29.2 Å². The van der Waals surface area contributed by atoms with E-state index < -0.39 is 0 Å². The summed E-state index contributed by atoms with van der Waals surface area (Å²) in [5.74, 6) is 0.927. The minimum atomic E-state index is -0.0254. The van der Waals surface area contributed by atoms with Crippen LogP contribution in [0.5, 0.6) is 0 Å². The molecule has 2 heterocycles. The molecule has 0 fully saturated rings. The third-order valence-electron chi connectivity index (χ3n) is 2.95. The Hall–Kier alpha value is -1.33. The summed E-state index contributed by atoms with van der Waals surface area (Å²) in [5, 5.41) is 3.60. The van der Waals surface area contributed by atoms with E-state index in [0.29, 0.717) is 5.13 Å². The third-order valence-corrected chi connectivity index (χ3v) is 5.21. The summed E-state index contributed by atoms with van der Waals surface area (Å²) in [7, 11) is 0. The predicted octanol–water partition coefficient (Wildman–Crippen LogP) is 4.01. The largest absolute Gasteiger partial charge is 0.302 e. The minimum Gasteiger partial charge on any atom is -0.302 e. The zero-order valence-electron chi connectivity index (χ0n) is 10.8. The number of carbonyl (C=O) groups is 1. The molecule has 19 heavy (non-hydrogen) atoms. The van der Waals surface area contributed by atoms with Crippen molar-refractivity contribution in [3.8, 4) is 11.3 Å². The molecule has 98 valence electrons. The number of benzene rings is 1. The molecule has 1 aliphatic rings. The highest BCUT2D eigenvalue weighted by Crippen LogP contribution is 2.44. The van der Waals surface area contributed by atoms with Crippen molar-refractivity contribution in [3.05, 3.63) is 29.1 Å². The second-order valence-corrected chi connectivity index (χ2v) is 6.82. The molecule has 0 saturated heterocycles. The van der Waals surface area contributed by atoms with Crippen molar-refractivity contribution in [3.63, 3.8) is 0 Å². The lowest BCUT2D eigenvalue weighted by Gasteiger charge is -2.13. The van der Waals surface area contributed by atoms with Crippen LogP contribution in [0.25, 0.3) is 11.3 Å². The monoisotopic (exact) mass is 290 g/mol. The van der Waals surface area contributed by atoms with Gasteiger partial charge in [-0.3, -0.25) is 4.79 Å². The molecular formula is C14H14N2OS2. The molecule has 1 N–H and O–H groups in total. The average molecular weight is 290 g/mol. The van der Waals surface area contributed by atoms with Crippen molar-refractivity contribution in [2.24, 2.45) is 5.92 Å². The molecule has 0 spiro atoms. The molecule has 3 nitrogen and oxygen atoms in total. The van der Waals surface area contributed by atoms with Gasteiger partial charge >= 0.3 is 0 Å². The second kappa shape index (κ2) is 4.98. The number of nitrogens with zero attached hydrogens (tertiary/aromatic N) is 1. The number of fused-ring (bicyclic) bond motifs is 3. The lowest BCUT2D eigenvalue weighted by molar-refractivity contribution is -0.118. The lowest BCUT2D eigenvalue weighted by Crippen LogP contribution is -2.17. The fourth-order valence-electron chi connectivity index (χ4n) is 1.89. The van der Waals surface area contributed by atoms with E-state index in [9.17, 15) is 4.79 Å². The number of amides is 1. The Balaban J connectivity index is 1.95. The molecule has 0 radical (unpaired) electrons. The van der Waals surface area contributed by atoms with Gasteiger partial charge in [-0.2, -0.15) is 0 Å². The summed E-state index contributed by atoms with van der Waals surface area (Å²) < 4.78 is 0. The number of anilines is 1. The van der Waals surface area contributed by atoms with Crippen LogP contribution in [0.3, 0.4) is 0 Å². The first kappa shape index (κ1) is 12.7. The van der Waals surface area contributed by atoms with E-state index in [1.165, 1.54) is 15.3 Å². The smallest absolute Gasteiger partial charge is 0.228 e. The standard InChI is InChI=1S/C14H14N2OS2/c1-8(2)13(17)16-14-15-12-9-5-3-4-6-10(9)18-7-11(12)19-14/h3-6,8H,7H2,1-2H3,(H,15,16,17). The number of aromatic nitrogens is 1. The van der Waals surface area contributed by atoms with Gasteiger partial charge in [0.1, 0.15) is 0 Å². The SMILES string of the molecule is CC(C)C(=O)Nc1nc2c(s1)CSc1ccccc1-2. The van der Waals surface area contributed by atoms with Crippen LogP contribution in [-0.2, 0) is 10.5 Å². The summed E-state index contributed by atoms with van der Waals surface area (Å²) >= 11 is 3.41.